The molecule has 0 atom stereocenters. The summed E-state index contributed by atoms with van der Waals surface area (Å²) >= 11 is 0. The largest absolute Gasteiger partial charge is 0.335 e. The Morgan fingerprint density at radius 3 is 2.33 bits per heavy atom. The van der Waals surface area contributed by atoms with Crippen molar-refractivity contribution in [2.24, 2.45) is 7.05 Å². The molecule has 1 fully saturated rings. The summed E-state index contributed by atoms with van der Waals surface area (Å²) in [5, 5.41) is 4.34. The number of carbonyl (C=O) groups is 1. The van der Waals surface area contributed by atoms with Crippen molar-refractivity contribution < 1.29 is 4.79 Å². The molecule has 0 aromatic carbocycles. The summed E-state index contributed by atoms with van der Waals surface area (Å²) in [7, 11) is 3.98. The SMILES string of the molecule is CC(C)c1cc(C(=O)N2CCN(C)CC2)nn1C. The van der Waals surface area contributed by atoms with Gasteiger partial charge in [0.05, 0.1) is 0 Å². The van der Waals surface area contributed by atoms with Crippen molar-refractivity contribution in [1.29, 1.82) is 0 Å². The van der Waals surface area contributed by atoms with Crippen LogP contribution < -0.4 is 0 Å². The molecule has 100 valence electrons. The van der Waals surface area contributed by atoms with Crippen LogP contribution in [0.15, 0.2) is 6.07 Å². The van der Waals surface area contributed by atoms with Crippen LogP contribution in [0, 0.1) is 0 Å². The average molecular weight is 250 g/mol. The van der Waals surface area contributed by atoms with Crippen LogP contribution in [0.3, 0.4) is 0 Å². The zero-order valence-corrected chi connectivity index (χ0v) is 11.7. The number of carbonyl (C=O) groups excluding carboxylic acids is 1. The summed E-state index contributed by atoms with van der Waals surface area (Å²) in [5.74, 6) is 0.446. The van der Waals surface area contributed by atoms with Gasteiger partial charge in [0.2, 0.25) is 0 Å². The number of hydrogen-bond donors (Lipinski definition) is 0. The molecular formula is C13H22N4O. The summed E-state index contributed by atoms with van der Waals surface area (Å²) in [6, 6.07) is 1.92. The lowest BCUT2D eigenvalue weighted by Crippen LogP contribution is -2.47. The van der Waals surface area contributed by atoms with E-state index in [4.69, 9.17) is 0 Å². The first-order chi connectivity index (χ1) is 8.49. The molecule has 0 aliphatic carbocycles. The summed E-state index contributed by atoms with van der Waals surface area (Å²) in [6.07, 6.45) is 0. The molecule has 1 aromatic heterocycles. The molecule has 5 nitrogen and oxygen atoms in total. The summed E-state index contributed by atoms with van der Waals surface area (Å²) in [6.45, 7) is 7.69. The van der Waals surface area contributed by atoms with Gasteiger partial charge in [-0.1, -0.05) is 13.8 Å². The second-order valence-corrected chi connectivity index (χ2v) is 5.33. The third-order valence-electron chi connectivity index (χ3n) is 3.52. The van der Waals surface area contributed by atoms with Gasteiger partial charge in [-0.3, -0.25) is 9.48 Å². The molecule has 5 heteroatoms. The van der Waals surface area contributed by atoms with E-state index in [0.717, 1.165) is 31.9 Å². The Morgan fingerprint density at radius 2 is 1.83 bits per heavy atom. The van der Waals surface area contributed by atoms with Gasteiger partial charge >= 0.3 is 0 Å². The van der Waals surface area contributed by atoms with Crippen LogP contribution in [0.1, 0.15) is 35.9 Å². The Kier molecular flexibility index (Phi) is 3.71. The van der Waals surface area contributed by atoms with Crippen LogP contribution in [0.5, 0.6) is 0 Å². The van der Waals surface area contributed by atoms with E-state index in [-0.39, 0.29) is 5.91 Å². The van der Waals surface area contributed by atoms with Crippen LogP contribution in [0.2, 0.25) is 0 Å². The topological polar surface area (TPSA) is 41.4 Å². The second kappa shape index (κ2) is 5.10. The zero-order valence-electron chi connectivity index (χ0n) is 11.7. The molecule has 2 heterocycles. The molecule has 0 saturated carbocycles. The molecule has 1 aromatic rings. The van der Waals surface area contributed by atoms with Crippen LogP contribution in [0.25, 0.3) is 0 Å². The lowest BCUT2D eigenvalue weighted by molar-refractivity contribution is 0.0657. The first-order valence-corrected chi connectivity index (χ1v) is 6.51. The van der Waals surface area contributed by atoms with Gasteiger partial charge in [-0.15, -0.1) is 0 Å². The summed E-state index contributed by atoms with van der Waals surface area (Å²) in [4.78, 5) is 16.5. The number of nitrogens with zero attached hydrogens (tertiary/aromatic N) is 4. The van der Waals surface area contributed by atoms with Gasteiger partial charge in [0.15, 0.2) is 5.69 Å². The van der Waals surface area contributed by atoms with Crippen LogP contribution >= 0.6 is 0 Å². The number of aromatic nitrogens is 2. The Morgan fingerprint density at radius 1 is 1.22 bits per heavy atom. The molecule has 1 saturated heterocycles. The lowest BCUT2D eigenvalue weighted by Gasteiger charge is -2.31. The fourth-order valence-corrected chi connectivity index (χ4v) is 2.30. The molecule has 0 N–H and O–H groups in total. The second-order valence-electron chi connectivity index (χ2n) is 5.33. The van der Waals surface area contributed by atoms with E-state index in [0.29, 0.717) is 11.6 Å². The van der Waals surface area contributed by atoms with Crippen molar-refractivity contribution in [1.82, 2.24) is 19.6 Å². The van der Waals surface area contributed by atoms with Crippen molar-refractivity contribution in [3.05, 3.63) is 17.5 Å². The van der Waals surface area contributed by atoms with Gasteiger partial charge in [0.1, 0.15) is 0 Å². The van der Waals surface area contributed by atoms with Crippen molar-refractivity contribution in [2.75, 3.05) is 33.2 Å². The molecular weight excluding hydrogens is 228 g/mol. The molecule has 1 aliphatic rings. The molecule has 1 amide bonds. The van der Waals surface area contributed by atoms with E-state index >= 15 is 0 Å². The molecule has 2 rings (SSSR count). The number of hydrogen-bond acceptors (Lipinski definition) is 3. The highest BCUT2D eigenvalue weighted by atomic mass is 16.2. The third kappa shape index (κ3) is 2.56. The van der Waals surface area contributed by atoms with E-state index in [2.05, 4.69) is 30.9 Å². The average Bonchev–Trinajstić information content (AvgIpc) is 2.71. The summed E-state index contributed by atoms with van der Waals surface area (Å²) in [5.41, 5.74) is 1.68. The fraction of sp³-hybridized carbons (Fsp3) is 0.692. The number of amides is 1. The Balaban J connectivity index is 2.11. The molecule has 18 heavy (non-hydrogen) atoms. The molecule has 1 aliphatic heterocycles. The predicted molar refractivity (Wildman–Crippen MR) is 70.7 cm³/mol. The van der Waals surface area contributed by atoms with E-state index in [1.807, 2.05) is 22.7 Å². The monoisotopic (exact) mass is 250 g/mol. The van der Waals surface area contributed by atoms with Crippen molar-refractivity contribution in [3.63, 3.8) is 0 Å². The van der Waals surface area contributed by atoms with E-state index < -0.39 is 0 Å². The quantitative estimate of drug-likeness (QED) is 0.784. The first kappa shape index (κ1) is 13.1. The third-order valence-corrected chi connectivity index (χ3v) is 3.52. The van der Waals surface area contributed by atoms with Gasteiger partial charge < -0.3 is 9.80 Å². The zero-order chi connectivity index (χ0) is 13.3. The Labute approximate surface area is 108 Å². The summed E-state index contributed by atoms with van der Waals surface area (Å²) < 4.78 is 1.81. The van der Waals surface area contributed by atoms with Crippen molar-refractivity contribution >= 4 is 5.91 Å². The number of likely N-dealkylation sites (N-methyl/N-ethyl adjacent to an activating group) is 1. The van der Waals surface area contributed by atoms with Gasteiger partial charge in [-0.25, -0.2) is 0 Å². The van der Waals surface area contributed by atoms with Crippen molar-refractivity contribution in [2.45, 2.75) is 19.8 Å². The molecule has 0 bridgehead atoms. The van der Waals surface area contributed by atoms with Crippen LogP contribution in [-0.2, 0) is 7.05 Å². The van der Waals surface area contributed by atoms with E-state index in [9.17, 15) is 4.79 Å². The number of aryl methyl sites for hydroxylation is 1. The Bertz CT molecular complexity index is 430. The fourth-order valence-electron chi connectivity index (χ4n) is 2.30. The maximum Gasteiger partial charge on any atom is 0.274 e. The highest BCUT2D eigenvalue weighted by Crippen LogP contribution is 2.16. The number of rotatable bonds is 2. The van der Waals surface area contributed by atoms with Gasteiger partial charge in [0, 0.05) is 38.9 Å². The standard InChI is InChI=1S/C13H22N4O/c1-10(2)12-9-11(14-16(12)4)13(18)17-7-5-15(3)6-8-17/h9-10H,5-8H2,1-4H3. The predicted octanol–water partition coefficient (Wildman–Crippen LogP) is 0.931. The first-order valence-electron chi connectivity index (χ1n) is 6.51. The van der Waals surface area contributed by atoms with E-state index in [1.54, 1.807) is 0 Å². The highest BCUT2D eigenvalue weighted by molar-refractivity contribution is 5.92. The normalized spacial score (nSPS) is 17.5. The maximum atomic E-state index is 12.3. The van der Waals surface area contributed by atoms with Crippen molar-refractivity contribution in [3.8, 4) is 0 Å². The number of piperazine rings is 1. The smallest absolute Gasteiger partial charge is 0.274 e. The lowest BCUT2D eigenvalue weighted by atomic mass is 10.1. The molecule has 0 unspecified atom stereocenters. The van der Waals surface area contributed by atoms with Crippen LogP contribution in [-0.4, -0.2) is 58.7 Å². The highest BCUT2D eigenvalue weighted by Gasteiger charge is 2.23. The van der Waals surface area contributed by atoms with Crippen LogP contribution in [0.4, 0.5) is 0 Å². The van der Waals surface area contributed by atoms with E-state index in [1.165, 1.54) is 0 Å². The molecule has 0 spiro atoms. The minimum atomic E-state index is 0.0607. The Hall–Kier alpha value is -1.36. The van der Waals surface area contributed by atoms with Gasteiger partial charge in [0.25, 0.3) is 5.91 Å². The minimum Gasteiger partial charge on any atom is -0.335 e. The minimum absolute atomic E-state index is 0.0607. The van der Waals surface area contributed by atoms with Gasteiger partial charge in [-0.2, -0.15) is 5.10 Å². The van der Waals surface area contributed by atoms with Gasteiger partial charge in [-0.05, 0) is 19.0 Å². The maximum absolute atomic E-state index is 12.3. The molecule has 0 radical (unpaired) electrons.